The summed E-state index contributed by atoms with van der Waals surface area (Å²) in [5, 5.41) is 16.5. The number of nitrogen functional groups attached to an aromatic ring is 1. The Morgan fingerprint density at radius 2 is 2.44 bits per heavy atom. The molecule has 0 spiro atoms. The van der Waals surface area contributed by atoms with Crippen molar-refractivity contribution in [1.29, 1.82) is 0 Å². The lowest BCUT2D eigenvalue weighted by molar-refractivity contribution is -0.136. The van der Waals surface area contributed by atoms with E-state index in [2.05, 4.69) is 10.2 Å². The van der Waals surface area contributed by atoms with Crippen LogP contribution in [0.15, 0.2) is 28.0 Å². The van der Waals surface area contributed by atoms with Gasteiger partial charge in [-0.2, -0.15) is 0 Å². The highest BCUT2D eigenvalue weighted by atomic mass is 32.2. The van der Waals surface area contributed by atoms with Crippen LogP contribution in [0.2, 0.25) is 0 Å². The maximum atomic E-state index is 10.9. The van der Waals surface area contributed by atoms with Crippen LogP contribution in [0.1, 0.15) is 13.3 Å². The number of hydrogen-bond acceptors (Lipinski definition) is 6. The first-order valence-electron chi connectivity index (χ1n) is 5.27. The number of aromatic nitrogens is 3. The molecule has 18 heavy (non-hydrogen) atoms. The van der Waals surface area contributed by atoms with Crippen LogP contribution in [0.25, 0.3) is 11.6 Å². The van der Waals surface area contributed by atoms with E-state index in [4.69, 9.17) is 15.4 Å². The maximum absolute atomic E-state index is 10.9. The number of carboxylic acids is 1. The molecule has 2 aromatic heterocycles. The van der Waals surface area contributed by atoms with E-state index >= 15 is 0 Å². The predicted molar refractivity (Wildman–Crippen MR) is 65.4 cm³/mol. The van der Waals surface area contributed by atoms with E-state index in [0.29, 0.717) is 23.2 Å². The fourth-order valence-electron chi connectivity index (χ4n) is 1.37. The number of nitrogens with zero attached hydrogens (tertiary/aromatic N) is 3. The van der Waals surface area contributed by atoms with Gasteiger partial charge in [0.15, 0.2) is 5.76 Å². The third-order valence-corrected chi connectivity index (χ3v) is 3.61. The lowest BCUT2D eigenvalue weighted by atomic mass is 10.3. The summed E-state index contributed by atoms with van der Waals surface area (Å²) >= 11 is 1.06. The molecule has 0 fully saturated rings. The monoisotopic (exact) mass is 268 g/mol. The standard InChI is InChI=1S/C10H12N4O3S/c1-2-7(9(15)16)18-10-13-12-8(14(10)11)6-4-3-5-17-6/h3-5,7H,2,11H2,1H3,(H,15,16)/t7-/m0/s1. The van der Waals surface area contributed by atoms with Crippen molar-refractivity contribution in [2.24, 2.45) is 0 Å². The quantitative estimate of drug-likeness (QED) is 0.619. The van der Waals surface area contributed by atoms with Gasteiger partial charge in [-0.1, -0.05) is 18.7 Å². The van der Waals surface area contributed by atoms with Crippen LogP contribution in [0, 0.1) is 0 Å². The first-order valence-corrected chi connectivity index (χ1v) is 6.15. The fraction of sp³-hybridized carbons (Fsp3) is 0.300. The summed E-state index contributed by atoms with van der Waals surface area (Å²) in [5.41, 5.74) is 0. The number of carbonyl (C=O) groups is 1. The van der Waals surface area contributed by atoms with Crippen molar-refractivity contribution in [1.82, 2.24) is 14.9 Å². The van der Waals surface area contributed by atoms with Crippen molar-refractivity contribution >= 4 is 17.7 Å². The van der Waals surface area contributed by atoms with Crippen molar-refractivity contribution in [2.75, 3.05) is 5.84 Å². The van der Waals surface area contributed by atoms with Gasteiger partial charge in [-0.05, 0) is 18.6 Å². The minimum atomic E-state index is -0.898. The van der Waals surface area contributed by atoms with Crippen molar-refractivity contribution in [3.63, 3.8) is 0 Å². The Morgan fingerprint density at radius 3 is 3.00 bits per heavy atom. The SMILES string of the molecule is CC[C@H](Sc1nnc(-c2ccco2)n1N)C(=O)O. The van der Waals surface area contributed by atoms with E-state index in [0.717, 1.165) is 11.8 Å². The maximum Gasteiger partial charge on any atom is 0.317 e. The molecule has 2 heterocycles. The smallest absolute Gasteiger partial charge is 0.317 e. The number of hydrogen-bond donors (Lipinski definition) is 2. The molecule has 3 N–H and O–H groups in total. The summed E-state index contributed by atoms with van der Waals surface area (Å²) in [6, 6.07) is 3.42. The molecule has 0 bridgehead atoms. The third kappa shape index (κ3) is 2.33. The van der Waals surface area contributed by atoms with E-state index in [-0.39, 0.29) is 0 Å². The van der Waals surface area contributed by atoms with E-state index in [1.54, 1.807) is 19.1 Å². The summed E-state index contributed by atoms with van der Waals surface area (Å²) in [6.07, 6.45) is 1.98. The topological polar surface area (TPSA) is 107 Å². The average molecular weight is 268 g/mol. The van der Waals surface area contributed by atoms with Crippen molar-refractivity contribution < 1.29 is 14.3 Å². The molecule has 0 aliphatic heterocycles. The summed E-state index contributed by atoms with van der Waals surface area (Å²) in [6.45, 7) is 1.79. The molecule has 0 saturated heterocycles. The van der Waals surface area contributed by atoms with Gasteiger partial charge in [-0.15, -0.1) is 10.2 Å². The molecule has 0 aliphatic carbocycles. The predicted octanol–water partition coefficient (Wildman–Crippen LogP) is 1.21. The Hall–Kier alpha value is -1.96. The molecule has 0 saturated carbocycles. The highest BCUT2D eigenvalue weighted by molar-refractivity contribution is 8.00. The van der Waals surface area contributed by atoms with Crippen LogP contribution in [-0.2, 0) is 4.79 Å². The fourth-order valence-corrected chi connectivity index (χ4v) is 2.18. The number of aliphatic carboxylic acids is 1. The van der Waals surface area contributed by atoms with Gasteiger partial charge in [0.05, 0.1) is 6.26 Å². The minimum Gasteiger partial charge on any atom is -0.480 e. The highest BCUT2D eigenvalue weighted by Crippen LogP contribution is 2.26. The molecule has 2 aromatic rings. The number of carboxylic acid groups (broad SMARTS) is 1. The molecule has 1 atom stereocenters. The first-order chi connectivity index (χ1) is 8.63. The van der Waals surface area contributed by atoms with Gasteiger partial charge in [0.25, 0.3) is 0 Å². The highest BCUT2D eigenvalue weighted by Gasteiger charge is 2.22. The van der Waals surface area contributed by atoms with Crippen LogP contribution >= 0.6 is 11.8 Å². The molecular weight excluding hydrogens is 256 g/mol. The van der Waals surface area contributed by atoms with Crippen molar-refractivity contribution in [2.45, 2.75) is 23.8 Å². The average Bonchev–Trinajstić information content (AvgIpc) is 2.95. The summed E-state index contributed by atoms with van der Waals surface area (Å²) < 4.78 is 6.39. The van der Waals surface area contributed by atoms with E-state index in [9.17, 15) is 4.79 Å². The second kappa shape index (κ2) is 5.13. The number of nitrogens with two attached hydrogens (primary N) is 1. The van der Waals surface area contributed by atoms with Crippen LogP contribution in [-0.4, -0.2) is 31.2 Å². The zero-order valence-electron chi connectivity index (χ0n) is 9.61. The number of furan rings is 1. The number of rotatable bonds is 5. The summed E-state index contributed by atoms with van der Waals surface area (Å²) in [7, 11) is 0. The summed E-state index contributed by atoms with van der Waals surface area (Å²) in [4.78, 5) is 10.9. The van der Waals surface area contributed by atoms with Gasteiger partial charge in [-0.3, -0.25) is 4.79 Å². The Morgan fingerprint density at radius 1 is 1.67 bits per heavy atom. The van der Waals surface area contributed by atoms with E-state index < -0.39 is 11.2 Å². The second-order valence-electron chi connectivity index (χ2n) is 3.51. The Labute approximate surface area is 107 Å². The lowest BCUT2D eigenvalue weighted by Crippen LogP contribution is -2.18. The third-order valence-electron chi connectivity index (χ3n) is 2.30. The molecule has 7 nitrogen and oxygen atoms in total. The molecular formula is C10H12N4O3S. The van der Waals surface area contributed by atoms with Crippen molar-refractivity contribution in [3.8, 4) is 11.6 Å². The second-order valence-corrected chi connectivity index (χ2v) is 4.68. The zero-order chi connectivity index (χ0) is 13.1. The van der Waals surface area contributed by atoms with Gasteiger partial charge in [0, 0.05) is 0 Å². The largest absolute Gasteiger partial charge is 0.480 e. The Balaban J connectivity index is 2.23. The zero-order valence-corrected chi connectivity index (χ0v) is 10.4. The minimum absolute atomic E-state index is 0.343. The van der Waals surface area contributed by atoms with Crippen LogP contribution in [0.3, 0.4) is 0 Å². The van der Waals surface area contributed by atoms with Crippen LogP contribution < -0.4 is 5.84 Å². The first kappa shape index (κ1) is 12.5. The van der Waals surface area contributed by atoms with Crippen molar-refractivity contribution in [3.05, 3.63) is 18.4 Å². The summed E-state index contributed by atoms with van der Waals surface area (Å²) in [5.74, 6) is 5.77. The van der Waals surface area contributed by atoms with Gasteiger partial charge >= 0.3 is 5.97 Å². The molecule has 0 radical (unpaired) electrons. The van der Waals surface area contributed by atoms with Crippen LogP contribution in [0.5, 0.6) is 0 Å². The molecule has 0 aromatic carbocycles. The van der Waals surface area contributed by atoms with E-state index in [1.165, 1.54) is 10.9 Å². The van der Waals surface area contributed by atoms with Gasteiger partial charge in [-0.25, -0.2) is 4.68 Å². The van der Waals surface area contributed by atoms with Gasteiger partial charge < -0.3 is 15.4 Å². The van der Waals surface area contributed by atoms with E-state index in [1.807, 2.05) is 0 Å². The number of thioether (sulfide) groups is 1. The van der Waals surface area contributed by atoms with Gasteiger partial charge in [0.2, 0.25) is 11.0 Å². The normalized spacial score (nSPS) is 12.5. The Bertz CT molecular complexity index is 537. The lowest BCUT2D eigenvalue weighted by Gasteiger charge is -2.07. The van der Waals surface area contributed by atoms with Crippen LogP contribution in [0.4, 0.5) is 0 Å². The van der Waals surface area contributed by atoms with Gasteiger partial charge in [0.1, 0.15) is 5.25 Å². The molecule has 0 unspecified atom stereocenters. The molecule has 8 heteroatoms. The Kier molecular flexibility index (Phi) is 3.56. The molecule has 0 aliphatic rings. The molecule has 0 amide bonds. The molecule has 2 rings (SSSR count). The molecule has 96 valence electrons.